The van der Waals surface area contributed by atoms with E-state index < -0.39 is 36.6 Å². The second kappa shape index (κ2) is 13.8. The van der Waals surface area contributed by atoms with E-state index in [0.29, 0.717) is 0 Å². The standard InChI is InChI=1S/C30H28NO7P/c1-22(32)36-20-19-25(37-23(2)33)21-29(38-24(3)34)30(35)31-39(26-13-7-4-8-14-26,27-15-9-5-10-16-27)28-17-11-6-12-18-28/h4-19,21H,20H2,1-3H3/b25-19-,29-21+. The first-order valence-corrected chi connectivity index (χ1v) is 13.7. The second-order valence-electron chi connectivity index (χ2n) is 8.15. The average molecular weight is 546 g/mol. The molecule has 0 bridgehead atoms. The van der Waals surface area contributed by atoms with E-state index in [2.05, 4.69) is 0 Å². The predicted octanol–water partition coefficient (Wildman–Crippen LogP) is 4.15. The molecule has 1 amide bonds. The monoisotopic (exact) mass is 545 g/mol. The molecule has 9 heteroatoms. The van der Waals surface area contributed by atoms with E-state index >= 15 is 0 Å². The summed E-state index contributed by atoms with van der Waals surface area (Å²) in [6, 6.07) is 28.3. The molecule has 0 fully saturated rings. The van der Waals surface area contributed by atoms with Crippen LogP contribution >= 0.6 is 7.05 Å². The van der Waals surface area contributed by atoms with Gasteiger partial charge in [0.2, 0.25) is 5.76 Å². The fourth-order valence-electron chi connectivity index (χ4n) is 3.69. The molecule has 0 unspecified atom stereocenters. The van der Waals surface area contributed by atoms with Crippen molar-refractivity contribution in [3.05, 3.63) is 115 Å². The number of hydrogen-bond acceptors (Lipinski definition) is 7. The van der Waals surface area contributed by atoms with Gasteiger partial charge < -0.3 is 14.2 Å². The van der Waals surface area contributed by atoms with E-state index in [1.54, 1.807) is 0 Å². The van der Waals surface area contributed by atoms with Gasteiger partial charge in [0.25, 0.3) is 0 Å². The molecule has 8 nitrogen and oxygen atoms in total. The number of amides is 1. The number of nitrogens with zero attached hydrogens (tertiary/aromatic N) is 1. The van der Waals surface area contributed by atoms with Crippen molar-refractivity contribution in [3.63, 3.8) is 0 Å². The van der Waals surface area contributed by atoms with Gasteiger partial charge in [-0.05, 0) is 6.08 Å². The van der Waals surface area contributed by atoms with Gasteiger partial charge in [-0.25, -0.2) is 4.74 Å². The topological polar surface area (TPSA) is 108 Å². The van der Waals surface area contributed by atoms with Crippen LogP contribution in [0.15, 0.2) is 119 Å². The van der Waals surface area contributed by atoms with Crippen molar-refractivity contribution in [1.29, 1.82) is 0 Å². The molecule has 0 saturated carbocycles. The Morgan fingerprint density at radius 3 is 1.49 bits per heavy atom. The van der Waals surface area contributed by atoms with Crippen LogP contribution in [0.5, 0.6) is 0 Å². The largest absolute Gasteiger partial charge is 0.461 e. The Morgan fingerprint density at radius 2 is 1.10 bits per heavy atom. The van der Waals surface area contributed by atoms with Gasteiger partial charge in [0.05, 0.1) is 7.05 Å². The maximum Gasteiger partial charge on any atom is 0.312 e. The molecule has 0 heterocycles. The van der Waals surface area contributed by atoms with Crippen LogP contribution in [0.25, 0.3) is 0 Å². The lowest BCUT2D eigenvalue weighted by Crippen LogP contribution is -2.26. The Hall–Kier alpha value is -4.55. The van der Waals surface area contributed by atoms with E-state index in [0.717, 1.165) is 28.9 Å². The van der Waals surface area contributed by atoms with Crippen LogP contribution in [0.2, 0.25) is 0 Å². The maximum absolute atomic E-state index is 13.9. The lowest BCUT2D eigenvalue weighted by atomic mass is 10.3. The van der Waals surface area contributed by atoms with Crippen molar-refractivity contribution in [3.8, 4) is 0 Å². The van der Waals surface area contributed by atoms with Gasteiger partial charge in [-0.3, -0.25) is 19.2 Å². The molecule has 0 atom stereocenters. The second-order valence-corrected chi connectivity index (χ2v) is 11.2. The first kappa shape index (κ1) is 29.0. The molecule has 0 spiro atoms. The molecule has 200 valence electrons. The third kappa shape index (κ3) is 7.97. The molecule has 0 aliphatic carbocycles. The fourth-order valence-corrected chi connectivity index (χ4v) is 7.12. The highest BCUT2D eigenvalue weighted by Gasteiger charge is 2.30. The third-order valence-corrected chi connectivity index (χ3v) is 8.82. The number of carbonyl (C=O) groups excluding carboxylic acids is 4. The minimum absolute atomic E-state index is 0.147. The van der Waals surface area contributed by atoms with Crippen LogP contribution in [0.3, 0.4) is 0 Å². The number of hydrogen-bond donors (Lipinski definition) is 0. The lowest BCUT2D eigenvalue weighted by molar-refractivity contribution is -0.140. The van der Waals surface area contributed by atoms with Crippen LogP contribution in [-0.2, 0) is 33.4 Å². The van der Waals surface area contributed by atoms with Crippen LogP contribution in [0, 0.1) is 0 Å². The number of ether oxygens (including phenoxy) is 3. The summed E-state index contributed by atoms with van der Waals surface area (Å²) in [5, 5.41) is 2.43. The van der Waals surface area contributed by atoms with E-state index in [1.165, 1.54) is 19.9 Å². The number of allylic oxidation sites excluding steroid dienone is 1. The third-order valence-electron chi connectivity index (χ3n) is 5.20. The molecule has 0 N–H and O–H groups in total. The molecule has 0 saturated heterocycles. The first-order valence-electron chi connectivity index (χ1n) is 12.0. The zero-order valence-electron chi connectivity index (χ0n) is 21.8. The minimum Gasteiger partial charge on any atom is -0.461 e. The minimum atomic E-state index is -2.97. The highest BCUT2D eigenvalue weighted by Crippen LogP contribution is 2.46. The van der Waals surface area contributed by atoms with Gasteiger partial charge in [-0.1, -0.05) is 91.0 Å². The van der Waals surface area contributed by atoms with E-state index in [9.17, 15) is 19.2 Å². The van der Waals surface area contributed by atoms with Gasteiger partial charge in [0.15, 0.2) is 0 Å². The molecule has 0 aliphatic heterocycles. The van der Waals surface area contributed by atoms with Crippen molar-refractivity contribution in [2.75, 3.05) is 6.61 Å². The van der Waals surface area contributed by atoms with Gasteiger partial charge in [-0.2, -0.15) is 0 Å². The molecular formula is C30H28NO7P. The molecule has 0 aromatic heterocycles. The van der Waals surface area contributed by atoms with Crippen LogP contribution < -0.4 is 15.9 Å². The molecule has 0 aliphatic rings. The molecule has 3 aromatic carbocycles. The zero-order valence-corrected chi connectivity index (χ0v) is 22.7. The zero-order chi connectivity index (χ0) is 28.3. The Balaban J connectivity index is 2.30. The molecule has 3 rings (SSSR count). The normalized spacial score (nSPS) is 11.8. The summed E-state index contributed by atoms with van der Waals surface area (Å²) in [5.74, 6) is -3.44. The lowest BCUT2D eigenvalue weighted by Gasteiger charge is -2.26. The SMILES string of the molecule is CC(=O)OC/C=C(/C=C(/OC(C)=O)C(=O)N=P(c1ccccc1)(c1ccccc1)c1ccccc1)OC(C)=O. The molecular weight excluding hydrogens is 517 g/mol. The Bertz CT molecular complexity index is 1340. The number of esters is 3. The van der Waals surface area contributed by atoms with Crippen molar-refractivity contribution in [2.45, 2.75) is 20.8 Å². The summed E-state index contributed by atoms with van der Waals surface area (Å²) < 4.78 is 20.1. The summed E-state index contributed by atoms with van der Waals surface area (Å²) in [6.07, 6.45) is 2.36. The van der Waals surface area contributed by atoms with Gasteiger partial charge in [0, 0.05) is 42.8 Å². The van der Waals surface area contributed by atoms with Crippen LogP contribution in [-0.4, -0.2) is 30.4 Å². The summed E-state index contributed by atoms with van der Waals surface area (Å²) in [4.78, 5) is 48.7. The van der Waals surface area contributed by atoms with Crippen molar-refractivity contribution in [1.82, 2.24) is 0 Å². The van der Waals surface area contributed by atoms with Gasteiger partial charge >= 0.3 is 23.8 Å². The summed E-state index contributed by atoms with van der Waals surface area (Å²) in [7, 11) is -2.97. The number of rotatable bonds is 9. The maximum atomic E-state index is 13.9. The van der Waals surface area contributed by atoms with E-state index in [1.807, 2.05) is 91.0 Å². The summed E-state index contributed by atoms with van der Waals surface area (Å²) >= 11 is 0. The summed E-state index contributed by atoms with van der Waals surface area (Å²) in [6.45, 7) is 3.30. The molecule has 0 radical (unpaired) electrons. The number of benzene rings is 3. The van der Waals surface area contributed by atoms with E-state index in [-0.39, 0.29) is 12.4 Å². The highest BCUT2D eigenvalue weighted by molar-refractivity contribution is 7.87. The van der Waals surface area contributed by atoms with Gasteiger partial charge in [-0.15, -0.1) is 0 Å². The van der Waals surface area contributed by atoms with Crippen LogP contribution in [0.4, 0.5) is 0 Å². The summed E-state index contributed by atoms with van der Waals surface area (Å²) in [5.41, 5.74) is 0. The predicted molar refractivity (Wildman–Crippen MR) is 149 cm³/mol. The first-order chi connectivity index (χ1) is 18.7. The quantitative estimate of drug-likeness (QED) is 0.0993. The Kier molecular flexibility index (Phi) is 10.3. The van der Waals surface area contributed by atoms with Crippen molar-refractivity contribution in [2.24, 2.45) is 4.74 Å². The van der Waals surface area contributed by atoms with Crippen LogP contribution in [0.1, 0.15) is 20.8 Å². The average Bonchev–Trinajstić information content (AvgIpc) is 2.92. The Morgan fingerprint density at radius 1 is 0.667 bits per heavy atom. The highest BCUT2D eigenvalue weighted by atomic mass is 31.2. The van der Waals surface area contributed by atoms with Gasteiger partial charge in [0.1, 0.15) is 12.4 Å². The molecule has 39 heavy (non-hydrogen) atoms. The number of carbonyl (C=O) groups is 4. The fraction of sp³-hybridized carbons (Fsp3) is 0.133. The Labute approximate surface area is 227 Å². The van der Waals surface area contributed by atoms with Crippen molar-refractivity contribution >= 4 is 46.8 Å². The van der Waals surface area contributed by atoms with E-state index in [4.69, 9.17) is 19.0 Å². The van der Waals surface area contributed by atoms with Crippen molar-refractivity contribution < 1.29 is 33.4 Å². The smallest absolute Gasteiger partial charge is 0.312 e. The molecule has 3 aromatic rings.